The van der Waals surface area contributed by atoms with Crippen molar-refractivity contribution in [2.24, 2.45) is 0 Å². The molecule has 0 saturated carbocycles. The molecule has 29 heavy (non-hydrogen) atoms. The van der Waals surface area contributed by atoms with Crippen LogP contribution in [0.2, 0.25) is 0 Å². The number of methoxy groups -OCH3 is 2. The van der Waals surface area contributed by atoms with Crippen molar-refractivity contribution in [2.45, 2.75) is 6.42 Å². The molecule has 2 aromatic rings. The SMILES string of the molecule is COCCN1CCC(=O)N(C)c2cnc(Nc3ccc(C(=O)O)cc3OC)nc21. The van der Waals surface area contributed by atoms with Gasteiger partial charge in [-0.05, 0) is 18.2 Å². The number of aromatic carboxylic acids is 1. The van der Waals surface area contributed by atoms with Crippen LogP contribution in [0, 0.1) is 0 Å². The maximum atomic E-state index is 12.3. The number of hydrogen-bond acceptors (Lipinski definition) is 8. The first kappa shape index (κ1) is 20.3. The summed E-state index contributed by atoms with van der Waals surface area (Å²) < 4.78 is 10.5. The van der Waals surface area contributed by atoms with E-state index in [4.69, 9.17) is 14.6 Å². The standard InChI is InChI=1S/C19H23N5O5/c1-23-14-11-20-19(21-13-5-4-12(18(26)27)10-15(13)29-3)22-17(14)24(8-9-28-2)7-6-16(23)25/h4-5,10-11H,6-9H2,1-3H3,(H,26,27)(H,20,21,22). The quantitative estimate of drug-likeness (QED) is 0.715. The molecule has 154 valence electrons. The molecule has 1 amide bonds. The molecule has 3 rings (SSSR count). The fourth-order valence-electron chi connectivity index (χ4n) is 3.00. The first-order valence-electron chi connectivity index (χ1n) is 9.00. The molecular formula is C19H23N5O5. The van der Waals surface area contributed by atoms with Gasteiger partial charge in [0.1, 0.15) is 11.4 Å². The zero-order chi connectivity index (χ0) is 21.0. The zero-order valence-corrected chi connectivity index (χ0v) is 16.5. The predicted octanol–water partition coefficient (Wildman–Crippen LogP) is 1.75. The van der Waals surface area contributed by atoms with Gasteiger partial charge in [0.2, 0.25) is 11.9 Å². The Hall–Kier alpha value is -3.40. The second-order valence-corrected chi connectivity index (χ2v) is 6.43. The molecule has 0 spiro atoms. The third-order valence-electron chi connectivity index (χ3n) is 4.64. The number of nitrogens with one attached hydrogen (secondary N) is 1. The van der Waals surface area contributed by atoms with Crippen LogP contribution in [0.3, 0.4) is 0 Å². The molecule has 0 fully saturated rings. The smallest absolute Gasteiger partial charge is 0.335 e. The highest BCUT2D eigenvalue weighted by atomic mass is 16.5. The minimum atomic E-state index is -1.04. The average molecular weight is 401 g/mol. The largest absolute Gasteiger partial charge is 0.495 e. The summed E-state index contributed by atoms with van der Waals surface area (Å²) in [6.07, 6.45) is 1.95. The van der Waals surface area contributed by atoms with E-state index in [1.807, 2.05) is 4.90 Å². The van der Waals surface area contributed by atoms with E-state index in [0.29, 0.717) is 55.0 Å². The van der Waals surface area contributed by atoms with E-state index in [0.717, 1.165) is 0 Å². The van der Waals surface area contributed by atoms with Gasteiger partial charge >= 0.3 is 5.97 Å². The lowest BCUT2D eigenvalue weighted by atomic mass is 10.2. The van der Waals surface area contributed by atoms with Gasteiger partial charge in [-0.3, -0.25) is 4.79 Å². The number of amides is 1. The minimum absolute atomic E-state index is 0.0126. The highest BCUT2D eigenvalue weighted by Gasteiger charge is 2.26. The molecule has 2 heterocycles. The van der Waals surface area contributed by atoms with Gasteiger partial charge in [-0.15, -0.1) is 0 Å². The number of nitrogens with zero attached hydrogens (tertiary/aromatic N) is 4. The van der Waals surface area contributed by atoms with Crippen molar-refractivity contribution >= 4 is 35.0 Å². The molecule has 0 unspecified atom stereocenters. The number of anilines is 4. The summed E-state index contributed by atoms with van der Waals surface area (Å²) in [6, 6.07) is 4.48. The fourth-order valence-corrected chi connectivity index (χ4v) is 3.00. The molecule has 10 heteroatoms. The number of fused-ring (bicyclic) bond motifs is 1. The van der Waals surface area contributed by atoms with Crippen LogP contribution in [0.1, 0.15) is 16.8 Å². The molecule has 1 aliphatic rings. The summed E-state index contributed by atoms with van der Waals surface area (Å²) in [5.41, 5.74) is 1.25. The van der Waals surface area contributed by atoms with E-state index in [1.165, 1.54) is 19.2 Å². The minimum Gasteiger partial charge on any atom is -0.495 e. The lowest BCUT2D eigenvalue weighted by Crippen LogP contribution is -2.29. The molecule has 0 radical (unpaired) electrons. The normalized spacial score (nSPS) is 13.7. The lowest BCUT2D eigenvalue weighted by molar-refractivity contribution is -0.118. The van der Waals surface area contributed by atoms with Crippen molar-refractivity contribution < 1.29 is 24.2 Å². The zero-order valence-electron chi connectivity index (χ0n) is 16.5. The highest BCUT2D eigenvalue weighted by molar-refractivity contribution is 5.97. The number of ether oxygens (including phenoxy) is 2. The van der Waals surface area contributed by atoms with Crippen LogP contribution in [0.5, 0.6) is 5.75 Å². The van der Waals surface area contributed by atoms with E-state index in [1.54, 1.807) is 31.3 Å². The molecule has 0 bridgehead atoms. The Morgan fingerprint density at radius 2 is 2.14 bits per heavy atom. The van der Waals surface area contributed by atoms with Gasteiger partial charge in [0, 0.05) is 33.7 Å². The van der Waals surface area contributed by atoms with Gasteiger partial charge in [0.25, 0.3) is 0 Å². The summed E-state index contributed by atoms with van der Waals surface area (Å²) in [7, 11) is 4.78. The van der Waals surface area contributed by atoms with Gasteiger partial charge in [-0.1, -0.05) is 0 Å². The Bertz CT molecular complexity index is 920. The predicted molar refractivity (Wildman–Crippen MR) is 107 cm³/mol. The molecule has 1 aliphatic heterocycles. The molecule has 0 atom stereocenters. The Balaban J connectivity index is 1.95. The second-order valence-electron chi connectivity index (χ2n) is 6.43. The number of carbonyl (C=O) groups is 2. The molecule has 1 aromatic heterocycles. The van der Waals surface area contributed by atoms with Crippen LogP contribution >= 0.6 is 0 Å². The van der Waals surface area contributed by atoms with Gasteiger partial charge < -0.3 is 29.7 Å². The Kier molecular flexibility index (Phi) is 6.13. The summed E-state index contributed by atoms with van der Waals surface area (Å²) >= 11 is 0. The van der Waals surface area contributed by atoms with Crippen molar-refractivity contribution in [3.05, 3.63) is 30.0 Å². The number of carboxylic acids is 1. The van der Waals surface area contributed by atoms with Crippen LogP contribution < -0.4 is 19.9 Å². The number of benzene rings is 1. The summed E-state index contributed by atoms with van der Waals surface area (Å²) in [5.74, 6) is 0.218. The Morgan fingerprint density at radius 3 is 2.83 bits per heavy atom. The van der Waals surface area contributed by atoms with Gasteiger partial charge in [-0.2, -0.15) is 4.98 Å². The first-order chi connectivity index (χ1) is 13.9. The number of aromatic nitrogens is 2. The van der Waals surface area contributed by atoms with Crippen LogP contribution in [-0.2, 0) is 9.53 Å². The average Bonchev–Trinajstić information content (AvgIpc) is 2.83. The van der Waals surface area contributed by atoms with Gasteiger partial charge in [-0.25, -0.2) is 9.78 Å². The number of rotatable bonds is 7. The Morgan fingerprint density at radius 1 is 1.34 bits per heavy atom. The van der Waals surface area contributed by atoms with Crippen LogP contribution in [-0.4, -0.2) is 67.9 Å². The lowest BCUT2D eigenvalue weighted by Gasteiger charge is -2.24. The van der Waals surface area contributed by atoms with Crippen molar-refractivity contribution in [1.82, 2.24) is 9.97 Å². The van der Waals surface area contributed by atoms with Crippen molar-refractivity contribution in [3.8, 4) is 5.75 Å². The monoisotopic (exact) mass is 401 g/mol. The van der Waals surface area contributed by atoms with Gasteiger partial charge in [0.15, 0.2) is 5.82 Å². The maximum Gasteiger partial charge on any atom is 0.335 e. The van der Waals surface area contributed by atoms with Crippen molar-refractivity contribution in [2.75, 3.05) is 56.1 Å². The molecular weight excluding hydrogens is 378 g/mol. The number of carboxylic acid groups (broad SMARTS) is 1. The van der Waals surface area contributed by atoms with Crippen LogP contribution in [0.25, 0.3) is 0 Å². The fraction of sp³-hybridized carbons (Fsp3) is 0.368. The summed E-state index contributed by atoms with van der Waals surface area (Å²) in [4.78, 5) is 35.9. The summed E-state index contributed by atoms with van der Waals surface area (Å²) in [5, 5.41) is 12.2. The molecule has 0 saturated heterocycles. The maximum absolute atomic E-state index is 12.3. The van der Waals surface area contributed by atoms with E-state index < -0.39 is 5.97 Å². The van der Waals surface area contributed by atoms with Crippen LogP contribution in [0.4, 0.5) is 23.1 Å². The summed E-state index contributed by atoms with van der Waals surface area (Å²) in [6.45, 7) is 1.60. The van der Waals surface area contributed by atoms with E-state index in [9.17, 15) is 9.59 Å². The third-order valence-corrected chi connectivity index (χ3v) is 4.64. The third kappa shape index (κ3) is 4.37. The molecule has 10 nitrogen and oxygen atoms in total. The van der Waals surface area contributed by atoms with Crippen LogP contribution in [0.15, 0.2) is 24.4 Å². The number of hydrogen-bond donors (Lipinski definition) is 2. The topological polar surface area (TPSA) is 117 Å². The molecule has 0 aliphatic carbocycles. The van der Waals surface area contributed by atoms with Gasteiger partial charge in [0.05, 0.1) is 31.2 Å². The Labute approximate surface area is 168 Å². The highest BCUT2D eigenvalue weighted by Crippen LogP contribution is 2.32. The van der Waals surface area contributed by atoms with E-state index in [2.05, 4.69) is 15.3 Å². The second kappa shape index (κ2) is 8.74. The van der Waals surface area contributed by atoms with E-state index >= 15 is 0 Å². The van der Waals surface area contributed by atoms with E-state index in [-0.39, 0.29) is 11.5 Å². The van der Waals surface area contributed by atoms with Crippen molar-refractivity contribution in [1.29, 1.82) is 0 Å². The molecule has 1 aromatic carbocycles. The molecule has 2 N–H and O–H groups in total. The van der Waals surface area contributed by atoms with Crippen molar-refractivity contribution in [3.63, 3.8) is 0 Å². The first-order valence-corrected chi connectivity index (χ1v) is 9.00. The number of carbonyl (C=O) groups excluding carboxylic acids is 1.